The van der Waals surface area contributed by atoms with Crippen LogP contribution in [0.5, 0.6) is 0 Å². The molecular weight excluding hydrogens is 483 g/mol. The smallest absolute Gasteiger partial charge is 0.379 e. The summed E-state index contributed by atoms with van der Waals surface area (Å²) >= 11 is 6.31. The van der Waals surface area contributed by atoms with Crippen molar-refractivity contribution in [2.45, 2.75) is 38.4 Å². The topological polar surface area (TPSA) is 72.3 Å². The largest absolute Gasteiger partial charge is 0.433 e. The lowest BCUT2D eigenvalue weighted by atomic mass is 9.95. The molecule has 4 heterocycles. The number of alkyl halides is 3. The standard InChI is InChI=1S/C24H25ClF3N5O2/c1-14-11-19-18(12-17(14)25)30-23(33(19)21-4-2-3-20(31-21)24(26,27)28)32-8-5-15(6-9-32)22(34)29-16-7-10-35-13-16/h2-4,11-12,15-16H,5-10,13H2,1H3,(H,29,34)/t16-/m1/s1. The minimum atomic E-state index is -4.57. The van der Waals surface area contributed by atoms with Gasteiger partial charge in [-0.05, 0) is 56.0 Å². The summed E-state index contributed by atoms with van der Waals surface area (Å²) in [6.07, 6.45) is -2.53. The van der Waals surface area contributed by atoms with E-state index in [4.69, 9.17) is 21.3 Å². The number of aryl methyl sites for hydroxylation is 1. The fourth-order valence-corrected chi connectivity index (χ4v) is 4.80. The van der Waals surface area contributed by atoms with Crippen molar-refractivity contribution in [1.82, 2.24) is 19.9 Å². The number of anilines is 1. The lowest BCUT2D eigenvalue weighted by Crippen LogP contribution is -2.44. The SMILES string of the molecule is Cc1cc2c(cc1Cl)nc(N1CCC(C(=O)N[C@@H]3CCOC3)CC1)n2-c1cccc(C(F)(F)F)n1. The molecule has 7 nitrogen and oxygen atoms in total. The van der Waals surface area contributed by atoms with Gasteiger partial charge in [0.2, 0.25) is 11.9 Å². The van der Waals surface area contributed by atoms with E-state index in [2.05, 4.69) is 10.3 Å². The zero-order valence-corrected chi connectivity index (χ0v) is 19.9. The summed E-state index contributed by atoms with van der Waals surface area (Å²) in [5.74, 6) is 0.500. The van der Waals surface area contributed by atoms with Gasteiger partial charge in [-0.15, -0.1) is 0 Å². The molecule has 2 aromatic heterocycles. The molecular formula is C24H25ClF3N5O2. The summed E-state index contributed by atoms with van der Waals surface area (Å²) in [7, 11) is 0. The monoisotopic (exact) mass is 507 g/mol. The third-order valence-corrected chi connectivity index (χ3v) is 7.00. The number of ether oxygens (including phenoxy) is 1. The molecule has 0 aliphatic carbocycles. The van der Waals surface area contributed by atoms with Crippen LogP contribution in [-0.4, -0.2) is 52.8 Å². The molecule has 5 rings (SSSR count). The molecule has 2 aliphatic rings. The second-order valence-electron chi connectivity index (χ2n) is 9.05. The quantitative estimate of drug-likeness (QED) is 0.562. The van der Waals surface area contributed by atoms with Crippen molar-refractivity contribution >= 4 is 34.5 Å². The Kier molecular flexibility index (Phi) is 6.35. The predicted octanol–water partition coefficient (Wildman–Crippen LogP) is 4.52. The third kappa shape index (κ3) is 4.81. The van der Waals surface area contributed by atoms with E-state index in [1.165, 1.54) is 12.1 Å². The molecule has 0 unspecified atom stereocenters. The van der Waals surface area contributed by atoms with Crippen molar-refractivity contribution in [3.8, 4) is 5.82 Å². The summed E-state index contributed by atoms with van der Waals surface area (Å²) in [5, 5.41) is 3.59. The van der Waals surface area contributed by atoms with Crippen LogP contribution in [0.4, 0.5) is 19.1 Å². The average Bonchev–Trinajstić information content (AvgIpc) is 3.47. The fourth-order valence-electron chi connectivity index (χ4n) is 4.64. The van der Waals surface area contributed by atoms with Gasteiger partial charge >= 0.3 is 6.18 Å². The zero-order valence-electron chi connectivity index (χ0n) is 19.1. The highest BCUT2D eigenvalue weighted by atomic mass is 35.5. The molecule has 35 heavy (non-hydrogen) atoms. The molecule has 1 atom stereocenters. The number of nitrogens with one attached hydrogen (secondary N) is 1. The number of carbonyl (C=O) groups excluding carboxylic acids is 1. The van der Waals surface area contributed by atoms with E-state index in [1.807, 2.05) is 11.8 Å². The molecule has 3 aromatic rings. The number of piperidine rings is 1. The summed E-state index contributed by atoms with van der Waals surface area (Å²) in [5.41, 5.74) is 0.996. The van der Waals surface area contributed by atoms with Gasteiger partial charge in [0, 0.05) is 30.6 Å². The molecule has 11 heteroatoms. The van der Waals surface area contributed by atoms with E-state index in [-0.39, 0.29) is 23.7 Å². The van der Waals surface area contributed by atoms with Crippen LogP contribution in [0, 0.1) is 12.8 Å². The van der Waals surface area contributed by atoms with Crippen LogP contribution in [-0.2, 0) is 15.7 Å². The van der Waals surface area contributed by atoms with Crippen LogP contribution >= 0.6 is 11.6 Å². The lowest BCUT2D eigenvalue weighted by molar-refractivity contribution is -0.141. The van der Waals surface area contributed by atoms with E-state index in [0.29, 0.717) is 61.1 Å². The average molecular weight is 508 g/mol. The summed E-state index contributed by atoms with van der Waals surface area (Å²) in [6, 6.07) is 7.40. The number of rotatable bonds is 4. The lowest BCUT2D eigenvalue weighted by Gasteiger charge is -2.32. The van der Waals surface area contributed by atoms with E-state index in [1.54, 1.807) is 16.7 Å². The molecule has 2 aliphatic heterocycles. The summed E-state index contributed by atoms with van der Waals surface area (Å²) in [4.78, 5) is 23.3. The van der Waals surface area contributed by atoms with E-state index < -0.39 is 11.9 Å². The Labute approximate surface area is 205 Å². The second kappa shape index (κ2) is 9.31. The molecule has 2 saturated heterocycles. The summed E-state index contributed by atoms with van der Waals surface area (Å²) < 4.78 is 47.2. The normalized spacial score (nSPS) is 19.5. The van der Waals surface area contributed by atoms with Gasteiger partial charge in [0.25, 0.3) is 0 Å². The van der Waals surface area contributed by atoms with Crippen LogP contribution < -0.4 is 10.2 Å². The van der Waals surface area contributed by atoms with Crippen LogP contribution in [0.3, 0.4) is 0 Å². The minimum absolute atomic E-state index is 0.0237. The number of hydrogen-bond donors (Lipinski definition) is 1. The Morgan fingerprint density at radius 1 is 1.17 bits per heavy atom. The molecule has 1 aromatic carbocycles. The third-order valence-electron chi connectivity index (χ3n) is 6.60. The van der Waals surface area contributed by atoms with Crippen LogP contribution in [0.25, 0.3) is 16.9 Å². The van der Waals surface area contributed by atoms with Crippen LogP contribution in [0.2, 0.25) is 5.02 Å². The molecule has 0 bridgehead atoms. The van der Waals surface area contributed by atoms with E-state index in [9.17, 15) is 18.0 Å². The van der Waals surface area contributed by atoms with Crippen molar-refractivity contribution < 1.29 is 22.7 Å². The number of fused-ring (bicyclic) bond motifs is 1. The molecule has 0 spiro atoms. The number of nitrogens with zero attached hydrogens (tertiary/aromatic N) is 4. The minimum Gasteiger partial charge on any atom is -0.379 e. The molecule has 1 N–H and O–H groups in total. The molecule has 2 fully saturated rings. The van der Waals surface area contributed by atoms with Gasteiger partial charge in [-0.25, -0.2) is 9.97 Å². The van der Waals surface area contributed by atoms with Crippen molar-refractivity contribution in [3.63, 3.8) is 0 Å². The maximum absolute atomic E-state index is 13.4. The van der Waals surface area contributed by atoms with E-state index in [0.717, 1.165) is 18.1 Å². The first-order valence-electron chi connectivity index (χ1n) is 11.6. The molecule has 186 valence electrons. The highest BCUT2D eigenvalue weighted by molar-refractivity contribution is 6.32. The first kappa shape index (κ1) is 23.9. The maximum Gasteiger partial charge on any atom is 0.433 e. The number of carbonyl (C=O) groups is 1. The van der Waals surface area contributed by atoms with Gasteiger partial charge in [0.15, 0.2) is 0 Å². The number of halogens is 4. The highest BCUT2D eigenvalue weighted by Gasteiger charge is 2.34. The summed E-state index contributed by atoms with van der Waals surface area (Å²) in [6.45, 7) is 4.10. The van der Waals surface area contributed by atoms with Gasteiger partial charge < -0.3 is 15.0 Å². The van der Waals surface area contributed by atoms with Crippen LogP contribution in [0.1, 0.15) is 30.5 Å². The van der Waals surface area contributed by atoms with Gasteiger partial charge in [-0.2, -0.15) is 13.2 Å². The van der Waals surface area contributed by atoms with E-state index >= 15 is 0 Å². The fraction of sp³-hybridized carbons (Fsp3) is 0.458. The number of amides is 1. The Bertz CT molecular complexity index is 1250. The van der Waals surface area contributed by atoms with Crippen molar-refractivity contribution in [2.75, 3.05) is 31.2 Å². The second-order valence-corrected chi connectivity index (χ2v) is 9.45. The highest BCUT2D eigenvalue weighted by Crippen LogP contribution is 2.34. The molecule has 0 saturated carbocycles. The number of aromatic nitrogens is 3. The van der Waals surface area contributed by atoms with Gasteiger partial charge in [0.1, 0.15) is 11.5 Å². The Hall–Kier alpha value is -2.85. The van der Waals surface area contributed by atoms with Gasteiger partial charge in [0.05, 0.1) is 23.7 Å². The van der Waals surface area contributed by atoms with Gasteiger partial charge in [-0.1, -0.05) is 17.7 Å². The van der Waals surface area contributed by atoms with Gasteiger partial charge in [-0.3, -0.25) is 9.36 Å². The molecule has 0 radical (unpaired) electrons. The number of hydrogen-bond acceptors (Lipinski definition) is 5. The number of benzene rings is 1. The number of pyridine rings is 1. The van der Waals surface area contributed by atoms with Crippen molar-refractivity contribution in [1.29, 1.82) is 0 Å². The Balaban J connectivity index is 1.46. The Morgan fingerprint density at radius 3 is 2.63 bits per heavy atom. The first-order chi connectivity index (χ1) is 16.7. The van der Waals surface area contributed by atoms with Crippen molar-refractivity contribution in [2.24, 2.45) is 5.92 Å². The number of imidazole rings is 1. The van der Waals surface area contributed by atoms with Crippen LogP contribution in [0.15, 0.2) is 30.3 Å². The molecule has 1 amide bonds. The maximum atomic E-state index is 13.4. The van der Waals surface area contributed by atoms with Crippen molar-refractivity contribution in [3.05, 3.63) is 46.6 Å². The zero-order chi connectivity index (χ0) is 24.7. The first-order valence-corrected chi connectivity index (χ1v) is 11.9. The predicted molar refractivity (Wildman–Crippen MR) is 126 cm³/mol. The Morgan fingerprint density at radius 2 is 1.94 bits per heavy atom.